The van der Waals surface area contributed by atoms with Gasteiger partial charge in [0.2, 0.25) is 0 Å². The van der Waals surface area contributed by atoms with Crippen molar-refractivity contribution in [3.63, 3.8) is 0 Å². The Bertz CT molecular complexity index is 732. The molecule has 0 saturated heterocycles. The zero-order valence-electron chi connectivity index (χ0n) is 12.2. The molecule has 0 spiro atoms. The van der Waals surface area contributed by atoms with E-state index >= 15 is 0 Å². The molecule has 0 fully saturated rings. The third kappa shape index (κ3) is 2.69. The van der Waals surface area contributed by atoms with Crippen LogP contribution in [0.2, 0.25) is 10.0 Å². The lowest BCUT2D eigenvalue weighted by Crippen LogP contribution is -2.39. The molecule has 1 aliphatic rings. The molecular formula is C15H15Cl2N3OS. The number of rotatable bonds is 2. The van der Waals surface area contributed by atoms with Crippen molar-refractivity contribution in [2.75, 3.05) is 18.9 Å². The summed E-state index contributed by atoms with van der Waals surface area (Å²) in [7, 11) is 1.79. The summed E-state index contributed by atoms with van der Waals surface area (Å²) in [5.74, 6) is -0.0537. The van der Waals surface area contributed by atoms with Gasteiger partial charge in [0.1, 0.15) is 5.69 Å². The van der Waals surface area contributed by atoms with Crippen LogP contribution in [-0.4, -0.2) is 29.4 Å². The standard InChI is InChI=1S/C15H15Cl2N3OS/c1-8-10-6-12(17)11(16)5-9(10)3-4-20(8)14(21)13-7-22-15(18-2)19-13/h5-8H,3-4H2,1-2H3,(H,18,19). The molecule has 22 heavy (non-hydrogen) atoms. The van der Waals surface area contributed by atoms with Gasteiger partial charge in [0.05, 0.1) is 16.1 Å². The van der Waals surface area contributed by atoms with Crippen molar-refractivity contribution in [3.05, 3.63) is 44.4 Å². The summed E-state index contributed by atoms with van der Waals surface area (Å²) in [6, 6.07) is 3.72. The van der Waals surface area contributed by atoms with Gasteiger partial charge in [0.15, 0.2) is 5.13 Å². The maximum atomic E-state index is 12.7. The number of amides is 1. The van der Waals surface area contributed by atoms with Gasteiger partial charge in [-0.2, -0.15) is 0 Å². The van der Waals surface area contributed by atoms with Crippen LogP contribution in [0.25, 0.3) is 0 Å². The second kappa shape index (κ2) is 6.07. The molecule has 1 atom stereocenters. The molecule has 4 nitrogen and oxygen atoms in total. The molecule has 1 aliphatic heterocycles. The molecular weight excluding hydrogens is 341 g/mol. The van der Waals surface area contributed by atoms with Crippen molar-refractivity contribution in [2.45, 2.75) is 19.4 Å². The highest BCUT2D eigenvalue weighted by Crippen LogP contribution is 2.35. The molecule has 0 bridgehead atoms. The summed E-state index contributed by atoms with van der Waals surface area (Å²) < 4.78 is 0. The van der Waals surface area contributed by atoms with E-state index in [9.17, 15) is 4.79 Å². The number of thiazole rings is 1. The summed E-state index contributed by atoms with van der Waals surface area (Å²) in [5.41, 5.74) is 2.68. The van der Waals surface area contributed by atoms with Crippen molar-refractivity contribution in [1.29, 1.82) is 0 Å². The van der Waals surface area contributed by atoms with Gasteiger partial charge in [0.25, 0.3) is 5.91 Å². The Morgan fingerprint density at radius 2 is 2.14 bits per heavy atom. The molecule has 1 aromatic carbocycles. The quantitative estimate of drug-likeness (QED) is 0.875. The normalized spacial score (nSPS) is 17.3. The average Bonchev–Trinajstić information content (AvgIpc) is 2.98. The Morgan fingerprint density at radius 3 is 2.82 bits per heavy atom. The van der Waals surface area contributed by atoms with E-state index in [2.05, 4.69) is 10.3 Å². The van der Waals surface area contributed by atoms with E-state index in [0.717, 1.165) is 22.7 Å². The van der Waals surface area contributed by atoms with Gasteiger partial charge in [-0.15, -0.1) is 11.3 Å². The van der Waals surface area contributed by atoms with Gasteiger partial charge in [-0.25, -0.2) is 4.98 Å². The Labute approximate surface area is 143 Å². The van der Waals surface area contributed by atoms with E-state index in [-0.39, 0.29) is 11.9 Å². The van der Waals surface area contributed by atoms with E-state index in [1.165, 1.54) is 11.3 Å². The predicted molar refractivity (Wildman–Crippen MR) is 91.3 cm³/mol. The van der Waals surface area contributed by atoms with Crippen LogP contribution in [0, 0.1) is 0 Å². The number of fused-ring (bicyclic) bond motifs is 1. The summed E-state index contributed by atoms with van der Waals surface area (Å²) in [6.07, 6.45) is 0.769. The van der Waals surface area contributed by atoms with Gasteiger partial charge >= 0.3 is 0 Å². The summed E-state index contributed by atoms with van der Waals surface area (Å²) >= 11 is 13.6. The highest BCUT2D eigenvalue weighted by molar-refractivity contribution is 7.13. The third-order valence-electron chi connectivity index (χ3n) is 3.92. The van der Waals surface area contributed by atoms with E-state index < -0.39 is 0 Å². The number of benzene rings is 1. The van der Waals surface area contributed by atoms with Crippen molar-refractivity contribution < 1.29 is 4.79 Å². The van der Waals surface area contributed by atoms with Crippen LogP contribution in [0.4, 0.5) is 5.13 Å². The lowest BCUT2D eigenvalue weighted by atomic mass is 9.93. The largest absolute Gasteiger partial charge is 0.365 e. The molecule has 2 aromatic rings. The number of aromatic nitrogens is 1. The fourth-order valence-corrected chi connectivity index (χ4v) is 3.73. The van der Waals surface area contributed by atoms with Crippen LogP contribution >= 0.6 is 34.5 Å². The first-order valence-electron chi connectivity index (χ1n) is 6.93. The van der Waals surface area contributed by atoms with Crippen LogP contribution in [0.1, 0.15) is 34.6 Å². The summed E-state index contributed by atoms with van der Waals surface area (Å²) in [5, 5.41) is 6.55. The van der Waals surface area contributed by atoms with Gasteiger partial charge < -0.3 is 10.2 Å². The molecule has 3 rings (SSSR count). The number of anilines is 1. The minimum Gasteiger partial charge on any atom is -0.365 e. The number of halogens is 2. The van der Waals surface area contributed by atoms with E-state index in [4.69, 9.17) is 23.2 Å². The Balaban J connectivity index is 1.90. The van der Waals surface area contributed by atoms with E-state index in [1.807, 2.05) is 24.0 Å². The van der Waals surface area contributed by atoms with E-state index in [1.54, 1.807) is 12.4 Å². The molecule has 116 valence electrons. The minimum absolute atomic E-state index is 0.0502. The van der Waals surface area contributed by atoms with Crippen LogP contribution in [0.15, 0.2) is 17.5 Å². The average molecular weight is 356 g/mol. The topological polar surface area (TPSA) is 45.2 Å². The fraction of sp³-hybridized carbons (Fsp3) is 0.333. The molecule has 0 aliphatic carbocycles. The van der Waals surface area contributed by atoms with Crippen LogP contribution in [0.3, 0.4) is 0 Å². The molecule has 1 aromatic heterocycles. The monoisotopic (exact) mass is 355 g/mol. The SMILES string of the molecule is CNc1nc(C(=O)N2CCc3cc(Cl)c(Cl)cc3C2C)cs1. The van der Waals surface area contributed by atoms with Gasteiger partial charge in [0, 0.05) is 19.0 Å². The van der Waals surface area contributed by atoms with E-state index in [0.29, 0.717) is 22.3 Å². The van der Waals surface area contributed by atoms with Crippen molar-refractivity contribution in [1.82, 2.24) is 9.88 Å². The molecule has 1 N–H and O–H groups in total. The lowest BCUT2D eigenvalue weighted by Gasteiger charge is -2.35. The zero-order chi connectivity index (χ0) is 15.9. The number of nitrogens with one attached hydrogen (secondary N) is 1. The third-order valence-corrected chi connectivity index (χ3v) is 5.50. The first kappa shape index (κ1) is 15.6. The number of nitrogens with zero attached hydrogens (tertiary/aromatic N) is 2. The van der Waals surface area contributed by atoms with Gasteiger partial charge in [-0.3, -0.25) is 4.79 Å². The summed E-state index contributed by atoms with van der Waals surface area (Å²) in [6.45, 7) is 2.66. The molecule has 0 saturated carbocycles. The van der Waals surface area contributed by atoms with Gasteiger partial charge in [-0.1, -0.05) is 23.2 Å². The Hall–Kier alpha value is -1.30. The zero-order valence-corrected chi connectivity index (χ0v) is 14.5. The number of hydrogen-bond acceptors (Lipinski definition) is 4. The number of carbonyl (C=O) groups excluding carboxylic acids is 1. The molecule has 7 heteroatoms. The van der Waals surface area contributed by atoms with Crippen molar-refractivity contribution >= 4 is 45.6 Å². The first-order chi connectivity index (χ1) is 10.5. The molecule has 1 unspecified atom stereocenters. The highest BCUT2D eigenvalue weighted by atomic mass is 35.5. The van der Waals surface area contributed by atoms with Crippen LogP contribution < -0.4 is 5.32 Å². The maximum absolute atomic E-state index is 12.7. The fourth-order valence-electron chi connectivity index (χ4n) is 2.72. The number of carbonyl (C=O) groups is 1. The van der Waals surface area contributed by atoms with Crippen LogP contribution in [-0.2, 0) is 6.42 Å². The predicted octanol–water partition coefficient (Wildman–Crippen LogP) is 4.25. The first-order valence-corrected chi connectivity index (χ1v) is 8.57. The van der Waals surface area contributed by atoms with Crippen molar-refractivity contribution in [2.24, 2.45) is 0 Å². The van der Waals surface area contributed by atoms with Gasteiger partial charge in [-0.05, 0) is 36.6 Å². The second-order valence-corrected chi connectivity index (χ2v) is 6.85. The second-order valence-electron chi connectivity index (χ2n) is 5.18. The van der Waals surface area contributed by atoms with Crippen molar-refractivity contribution in [3.8, 4) is 0 Å². The minimum atomic E-state index is -0.0537. The smallest absolute Gasteiger partial charge is 0.273 e. The lowest BCUT2D eigenvalue weighted by molar-refractivity contribution is 0.0672. The number of hydrogen-bond donors (Lipinski definition) is 1. The molecule has 0 radical (unpaired) electrons. The highest BCUT2D eigenvalue weighted by Gasteiger charge is 2.30. The Morgan fingerprint density at radius 1 is 1.41 bits per heavy atom. The molecule has 1 amide bonds. The molecule has 2 heterocycles. The van der Waals surface area contributed by atoms with Crippen LogP contribution in [0.5, 0.6) is 0 Å². The maximum Gasteiger partial charge on any atom is 0.273 e. The summed E-state index contributed by atoms with van der Waals surface area (Å²) in [4.78, 5) is 18.8. The Kier molecular flexibility index (Phi) is 4.30.